The number of rotatable bonds is 6. The van der Waals surface area contributed by atoms with Crippen LogP contribution in [0.15, 0.2) is 42.5 Å². The van der Waals surface area contributed by atoms with Gasteiger partial charge in [-0.05, 0) is 41.7 Å². The summed E-state index contributed by atoms with van der Waals surface area (Å²) in [5.41, 5.74) is 3.97. The predicted molar refractivity (Wildman–Crippen MR) is 90.7 cm³/mol. The first-order valence-corrected chi connectivity index (χ1v) is 8.04. The number of halogens is 1. The van der Waals surface area contributed by atoms with Gasteiger partial charge in [-0.15, -0.1) is 0 Å². The van der Waals surface area contributed by atoms with Gasteiger partial charge < -0.3 is 9.47 Å². The Balaban J connectivity index is 2.21. The Bertz CT molecular complexity index is 596. The molecule has 112 valence electrons. The van der Waals surface area contributed by atoms with Crippen molar-refractivity contribution >= 4 is 15.9 Å². The minimum absolute atomic E-state index is 0.298. The average molecular weight is 349 g/mol. The van der Waals surface area contributed by atoms with Crippen LogP contribution in [0.2, 0.25) is 0 Å². The number of aryl methyl sites for hydroxylation is 1. The van der Waals surface area contributed by atoms with Gasteiger partial charge in [0.2, 0.25) is 0 Å². The first-order chi connectivity index (χ1) is 10.2. The lowest BCUT2D eigenvalue weighted by Crippen LogP contribution is -2.00. The molecule has 0 radical (unpaired) electrons. The number of hydrogen-bond acceptors (Lipinski definition) is 2. The molecule has 0 spiro atoms. The van der Waals surface area contributed by atoms with Gasteiger partial charge in [-0.3, -0.25) is 0 Å². The Kier molecular flexibility index (Phi) is 5.68. The molecule has 0 aliphatic carbocycles. The second-order valence-electron chi connectivity index (χ2n) is 4.91. The van der Waals surface area contributed by atoms with Crippen molar-refractivity contribution in [3.63, 3.8) is 0 Å². The summed E-state index contributed by atoms with van der Waals surface area (Å²) < 4.78 is 10.6. The third-order valence-electron chi connectivity index (χ3n) is 3.64. The van der Waals surface area contributed by atoms with Gasteiger partial charge in [0.1, 0.15) is 0 Å². The van der Waals surface area contributed by atoms with E-state index in [0.29, 0.717) is 4.83 Å². The van der Waals surface area contributed by atoms with Crippen LogP contribution in [0, 0.1) is 0 Å². The summed E-state index contributed by atoms with van der Waals surface area (Å²) in [6, 6.07) is 14.7. The smallest absolute Gasteiger partial charge is 0.160 e. The first-order valence-electron chi connectivity index (χ1n) is 7.12. The monoisotopic (exact) mass is 348 g/mol. The maximum Gasteiger partial charge on any atom is 0.160 e. The van der Waals surface area contributed by atoms with Gasteiger partial charge in [0.05, 0.1) is 14.2 Å². The van der Waals surface area contributed by atoms with Crippen molar-refractivity contribution in [2.24, 2.45) is 0 Å². The van der Waals surface area contributed by atoms with Gasteiger partial charge >= 0.3 is 0 Å². The van der Waals surface area contributed by atoms with Crippen LogP contribution < -0.4 is 9.47 Å². The van der Waals surface area contributed by atoms with Crippen molar-refractivity contribution in [2.45, 2.75) is 24.6 Å². The lowest BCUT2D eigenvalue weighted by atomic mass is 9.98. The molecule has 0 fully saturated rings. The van der Waals surface area contributed by atoms with Crippen LogP contribution in [0.3, 0.4) is 0 Å². The molecule has 0 amide bonds. The molecule has 0 aliphatic heterocycles. The van der Waals surface area contributed by atoms with Crippen LogP contribution >= 0.6 is 15.9 Å². The van der Waals surface area contributed by atoms with E-state index in [2.05, 4.69) is 53.2 Å². The Morgan fingerprint density at radius 1 is 1.00 bits per heavy atom. The molecule has 0 saturated heterocycles. The minimum Gasteiger partial charge on any atom is -0.493 e. The van der Waals surface area contributed by atoms with Crippen molar-refractivity contribution < 1.29 is 9.47 Å². The third-order valence-corrected chi connectivity index (χ3v) is 4.45. The Morgan fingerprint density at radius 2 is 1.71 bits per heavy atom. The van der Waals surface area contributed by atoms with Gasteiger partial charge in [-0.2, -0.15) is 0 Å². The van der Waals surface area contributed by atoms with E-state index in [1.165, 1.54) is 16.7 Å². The summed E-state index contributed by atoms with van der Waals surface area (Å²) in [7, 11) is 3.32. The van der Waals surface area contributed by atoms with Crippen LogP contribution in [0.25, 0.3) is 0 Å². The predicted octanol–water partition coefficient (Wildman–Crippen LogP) is 4.94. The number of hydrogen-bond donors (Lipinski definition) is 0. The maximum atomic E-state index is 5.37. The fourth-order valence-electron chi connectivity index (χ4n) is 2.49. The van der Waals surface area contributed by atoms with Crippen molar-refractivity contribution in [1.82, 2.24) is 0 Å². The summed E-state index contributed by atoms with van der Waals surface area (Å²) in [4.78, 5) is 0.298. The number of benzene rings is 2. The van der Waals surface area contributed by atoms with E-state index in [-0.39, 0.29) is 0 Å². The van der Waals surface area contributed by atoms with Crippen LogP contribution in [-0.2, 0) is 12.8 Å². The van der Waals surface area contributed by atoms with E-state index in [1.54, 1.807) is 14.2 Å². The molecule has 2 aromatic carbocycles. The standard InChI is InChI=1S/C18H21BrO2/c1-4-14-7-5-6-8-15(14)16(19)11-13-9-10-17(20-2)18(12-13)21-3/h5-10,12,16H,4,11H2,1-3H3. The van der Waals surface area contributed by atoms with E-state index in [4.69, 9.17) is 9.47 Å². The topological polar surface area (TPSA) is 18.5 Å². The van der Waals surface area contributed by atoms with E-state index in [0.717, 1.165) is 24.3 Å². The number of ether oxygens (including phenoxy) is 2. The zero-order valence-corrected chi connectivity index (χ0v) is 14.3. The highest BCUT2D eigenvalue weighted by molar-refractivity contribution is 9.09. The zero-order valence-electron chi connectivity index (χ0n) is 12.7. The van der Waals surface area contributed by atoms with E-state index >= 15 is 0 Å². The summed E-state index contributed by atoms with van der Waals surface area (Å²) in [6.45, 7) is 2.19. The lowest BCUT2D eigenvalue weighted by Gasteiger charge is -2.15. The molecular weight excluding hydrogens is 328 g/mol. The molecule has 2 nitrogen and oxygen atoms in total. The SMILES string of the molecule is CCc1ccccc1C(Br)Cc1ccc(OC)c(OC)c1. The maximum absolute atomic E-state index is 5.37. The molecule has 21 heavy (non-hydrogen) atoms. The molecule has 2 aromatic rings. The molecule has 0 N–H and O–H groups in total. The summed E-state index contributed by atoms with van der Waals surface area (Å²) in [5, 5.41) is 0. The molecule has 0 aliphatic rings. The highest BCUT2D eigenvalue weighted by Crippen LogP contribution is 2.33. The van der Waals surface area contributed by atoms with Crippen LogP contribution in [0.1, 0.15) is 28.4 Å². The molecular formula is C18H21BrO2. The second kappa shape index (κ2) is 7.51. The van der Waals surface area contributed by atoms with Crippen molar-refractivity contribution in [3.05, 3.63) is 59.2 Å². The van der Waals surface area contributed by atoms with Crippen molar-refractivity contribution in [1.29, 1.82) is 0 Å². The van der Waals surface area contributed by atoms with Gasteiger partial charge in [-0.1, -0.05) is 53.2 Å². The second-order valence-corrected chi connectivity index (χ2v) is 6.02. The molecule has 0 aromatic heterocycles. The molecule has 0 saturated carbocycles. The Morgan fingerprint density at radius 3 is 2.38 bits per heavy atom. The quantitative estimate of drug-likeness (QED) is 0.688. The van der Waals surface area contributed by atoms with Gasteiger partial charge in [0.25, 0.3) is 0 Å². The van der Waals surface area contributed by atoms with E-state index < -0.39 is 0 Å². The van der Waals surface area contributed by atoms with E-state index in [9.17, 15) is 0 Å². The summed E-state index contributed by atoms with van der Waals surface area (Å²) in [5.74, 6) is 1.54. The zero-order chi connectivity index (χ0) is 15.2. The number of methoxy groups -OCH3 is 2. The summed E-state index contributed by atoms with van der Waals surface area (Å²) >= 11 is 3.82. The normalized spacial score (nSPS) is 12.0. The van der Waals surface area contributed by atoms with Crippen LogP contribution in [0.4, 0.5) is 0 Å². The molecule has 2 rings (SSSR count). The fourth-order valence-corrected chi connectivity index (χ4v) is 3.31. The van der Waals surface area contributed by atoms with Gasteiger partial charge in [-0.25, -0.2) is 0 Å². The molecule has 1 unspecified atom stereocenters. The van der Waals surface area contributed by atoms with Gasteiger partial charge in [0.15, 0.2) is 11.5 Å². The van der Waals surface area contributed by atoms with Crippen LogP contribution in [0.5, 0.6) is 11.5 Å². The minimum atomic E-state index is 0.298. The third kappa shape index (κ3) is 3.79. The Hall–Kier alpha value is -1.48. The fraction of sp³-hybridized carbons (Fsp3) is 0.333. The highest BCUT2D eigenvalue weighted by atomic mass is 79.9. The first kappa shape index (κ1) is 15.9. The average Bonchev–Trinajstić information content (AvgIpc) is 2.54. The van der Waals surface area contributed by atoms with E-state index in [1.807, 2.05) is 12.1 Å². The van der Waals surface area contributed by atoms with Crippen LogP contribution in [-0.4, -0.2) is 14.2 Å². The molecule has 3 heteroatoms. The summed E-state index contributed by atoms with van der Waals surface area (Å²) in [6.07, 6.45) is 1.96. The number of alkyl halides is 1. The van der Waals surface area contributed by atoms with Crippen molar-refractivity contribution in [3.8, 4) is 11.5 Å². The lowest BCUT2D eigenvalue weighted by molar-refractivity contribution is 0.354. The van der Waals surface area contributed by atoms with Gasteiger partial charge in [0, 0.05) is 4.83 Å². The Labute approximate surface area is 135 Å². The highest BCUT2D eigenvalue weighted by Gasteiger charge is 2.13. The van der Waals surface area contributed by atoms with Crippen molar-refractivity contribution in [2.75, 3.05) is 14.2 Å². The molecule has 0 heterocycles. The molecule has 0 bridgehead atoms. The largest absolute Gasteiger partial charge is 0.493 e. The molecule has 1 atom stereocenters.